The minimum atomic E-state index is 0.287. The van der Waals surface area contributed by atoms with Crippen molar-refractivity contribution < 1.29 is 4.79 Å². The molecule has 0 atom stereocenters. The summed E-state index contributed by atoms with van der Waals surface area (Å²) in [4.78, 5) is 11.9. The summed E-state index contributed by atoms with van der Waals surface area (Å²) in [5.74, 6) is 0.287. The highest BCUT2D eigenvalue weighted by Gasteiger charge is 2.03. The van der Waals surface area contributed by atoms with Crippen LogP contribution in [-0.4, -0.2) is 5.78 Å². The molecule has 0 saturated heterocycles. The van der Waals surface area contributed by atoms with E-state index in [0.29, 0.717) is 6.42 Å². The molecule has 0 spiro atoms. The summed E-state index contributed by atoms with van der Waals surface area (Å²) in [6.07, 6.45) is 14.0. The number of ketones is 1. The molecule has 0 heterocycles. The zero-order valence-corrected chi connectivity index (χ0v) is 12.7. The first kappa shape index (κ1) is 16.7. The van der Waals surface area contributed by atoms with E-state index in [1.807, 2.05) is 36.4 Å². The monoisotopic (exact) mass is 272 g/mol. The van der Waals surface area contributed by atoms with E-state index in [-0.39, 0.29) is 5.78 Å². The van der Waals surface area contributed by atoms with Crippen LogP contribution in [0.15, 0.2) is 43.0 Å². The van der Waals surface area contributed by atoms with Crippen LogP contribution in [0.25, 0.3) is 0 Å². The van der Waals surface area contributed by atoms with Gasteiger partial charge in [0.15, 0.2) is 5.78 Å². The topological polar surface area (TPSA) is 17.1 Å². The molecule has 1 heteroatoms. The third-order valence-electron chi connectivity index (χ3n) is 3.66. The second kappa shape index (κ2) is 11.5. The lowest BCUT2D eigenvalue weighted by Gasteiger charge is -2.02. The lowest BCUT2D eigenvalue weighted by Crippen LogP contribution is -1.98. The van der Waals surface area contributed by atoms with Gasteiger partial charge in [-0.25, -0.2) is 0 Å². The van der Waals surface area contributed by atoms with Crippen molar-refractivity contribution in [1.82, 2.24) is 0 Å². The van der Waals surface area contributed by atoms with E-state index in [9.17, 15) is 4.79 Å². The van der Waals surface area contributed by atoms with Crippen LogP contribution in [0.1, 0.15) is 74.6 Å². The molecular weight excluding hydrogens is 244 g/mol. The average molecular weight is 272 g/mol. The second-order valence-corrected chi connectivity index (χ2v) is 5.44. The fourth-order valence-corrected chi connectivity index (χ4v) is 2.40. The van der Waals surface area contributed by atoms with Crippen molar-refractivity contribution in [3.05, 3.63) is 48.6 Å². The van der Waals surface area contributed by atoms with Crippen LogP contribution in [0.2, 0.25) is 0 Å². The summed E-state index contributed by atoms with van der Waals surface area (Å²) in [5, 5.41) is 0. The Hall–Kier alpha value is -1.37. The minimum absolute atomic E-state index is 0.287. The Morgan fingerprint density at radius 2 is 1.40 bits per heavy atom. The summed E-state index contributed by atoms with van der Waals surface area (Å²) in [7, 11) is 0. The predicted octanol–water partition coefficient (Wildman–Crippen LogP) is 5.96. The molecular formula is C19H28O. The Bertz CT molecular complexity index is 367. The van der Waals surface area contributed by atoms with Gasteiger partial charge < -0.3 is 0 Å². The maximum atomic E-state index is 11.9. The third-order valence-corrected chi connectivity index (χ3v) is 3.66. The van der Waals surface area contributed by atoms with E-state index >= 15 is 0 Å². The van der Waals surface area contributed by atoms with Crippen LogP contribution in [0.3, 0.4) is 0 Å². The van der Waals surface area contributed by atoms with Gasteiger partial charge in [-0.2, -0.15) is 0 Å². The zero-order chi connectivity index (χ0) is 14.5. The molecule has 0 aliphatic carbocycles. The number of benzene rings is 1. The Morgan fingerprint density at radius 3 is 2.00 bits per heavy atom. The summed E-state index contributed by atoms with van der Waals surface area (Å²) in [6.45, 7) is 3.74. The first-order valence-electron chi connectivity index (χ1n) is 8.03. The van der Waals surface area contributed by atoms with Gasteiger partial charge in [-0.15, -0.1) is 6.58 Å². The van der Waals surface area contributed by atoms with Crippen molar-refractivity contribution in [2.45, 2.75) is 64.2 Å². The number of unbranched alkanes of at least 4 members (excludes halogenated alkanes) is 8. The molecule has 1 aromatic rings. The highest BCUT2D eigenvalue weighted by molar-refractivity contribution is 5.95. The molecule has 110 valence electrons. The van der Waals surface area contributed by atoms with Crippen LogP contribution >= 0.6 is 0 Å². The Kier molecular flexibility index (Phi) is 9.56. The van der Waals surface area contributed by atoms with E-state index < -0.39 is 0 Å². The number of Topliss-reactive ketones (excluding diaryl/α,β-unsaturated/α-hetero) is 1. The molecule has 0 aliphatic heterocycles. The molecule has 0 aromatic heterocycles. The van der Waals surface area contributed by atoms with E-state index in [4.69, 9.17) is 0 Å². The van der Waals surface area contributed by atoms with Crippen LogP contribution in [0.5, 0.6) is 0 Å². The van der Waals surface area contributed by atoms with Gasteiger partial charge in [0.2, 0.25) is 0 Å². The van der Waals surface area contributed by atoms with E-state index in [0.717, 1.165) is 18.4 Å². The van der Waals surface area contributed by atoms with E-state index in [2.05, 4.69) is 6.58 Å². The number of carbonyl (C=O) groups is 1. The standard InChI is InChI=1S/C19H28O/c1-2-3-4-5-6-7-8-9-10-14-17-19(20)18-15-12-11-13-16-18/h2,11-13,15-16H,1,3-10,14,17H2. The highest BCUT2D eigenvalue weighted by Crippen LogP contribution is 2.12. The molecule has 0 saturated carbocycles. The minimum Gasteiger partial charge on any atom is -0.294 e. The Balaban J connectivity index is 1.92. The van der Waals surface area contributed by atoms with Crippen molar-refractivity contribution in [3.8, 4) is 0 Å². The Labute approximate surface area is 124 Å². The van der Waals surface area contributed by atoms with Gasteiger partial charge in [-0.3, -0.25) is 4.79 Å². The molecule has 0 unspecified atom stereocenters. The predicted molar refractivity (Wildman–Crippen MR) is 87.1 cm³/mol. The first-order chi connectivity index (χ1) is 9.84. The van der Waals surface area contributed by atoms with Crippen molar-refractivity contribution in [2.24, 2.45) is 0 Å². The molecule has 0 bridgehead atoms. The highest BCUT2D eigenvalue weighted by atomic mass is 16.1. The molecule has 0 radical (unpaired) electrons. The van der Waals surface area contributed by atoms with Crippen LogP contribution in [0, 0.1) is 0 Å². The fourth-order valence-electron chi connectivity index (χ4n) is 2.40. The largest absolute Gasteiger partial charge is 0.294 e. The van der Waals surface area contributed by atoms with Gasteiger partial charge in [-0.05, 0) is 19.3 Å². The van der Waals surface area contributed by atoms with Gasteiger partial charge >= 0.3 is 0 Å². The SMILES string of the molecule is C=CCCCCCCCCCCC(=O)c1ccccc1. The summed E-state index contributed by atoms with van der Waals surface area (Å²) in [6, 6.07) is 9.63. The summed E-state index contributed by atoms with van der Waals surface area (Å²) < 4.78 is 0. The molecule has 20 heavy (non-hydrogen) atoms. The van der Waals surface area contributed by atoms with Crippen LogP contribution in [-0.2, 0) is 0 Å². The van der Waals surface area contributed by atoms with Crippen molar-refractivity contribution in [3.63, 3.8) is 0 Å². The molecule has 0 aliphatic rings. The second-order valence-electron chi connectivity index (χ2n) is 5.44. The average Bonchev–Trinajstić information content (AvgIpc) is 2.50. The molecule has 0 amide bonds. The number of allylic oxidation sites excluding steroid dienone is 1. The fraction of sp³-hybridized carbons (Fsp3) is 0.526. The van der Waals surface area contributed by atoms with Crippen molar-refractivity contribution in [1.29, 1.82) is 0 Å². The van der Waals surface area contributed by atoms with Crippen molar-refractivity contribution in [2.75, 3.05) is 0 Å². The summed E-state index contributed by atoms with van der Waals surface area (Å²) >= 11 is 0. The molecule has 0 N–H and O–H groups in total. The van der Waals surface area contributed by atoms with E-state index in [1.165, 1.54) is 44.9 Å². The van der Waals surface area contributed by atoms with Gasteiger partial charge in [0.1, 0.15) is 0 Å². The first-order valence-corrected chi connectivity index (χ1v) is 8.03. The van der Waals surface area contributed by atoms with Gasteiger partial charge in [0.25, 0.3) is 0 Å². The van der Waals surface area contributed by atoms with E-state index in [1.54, 1.807) is 0 Å². The third kappa shape index (κ3) is 7.93. The maximum absolute atomic E-state index is 11.9. The Morgan fingerprint density at radius 1 is 0.850 bits per heavy atom. The lowest BCUT2D eigenvalue weighted by molar-refractivity contribution is 0.0979. The zero-order valence-electron chi connectivity index (χ0n) is 12.7. The number of hydrogen-bond acceptors (Lipinski definition) is 1. The quantitative estimate of drug-likeness (QED) is 0.261. The molecule has 1 rings (SSSR count). The van der Waals surface area contributed by atoms with Crippen LogP contribution in [0.4, 0.5) is 0 Å². The molecule has 1 aromatic carbocycles. The number of carbonyl (C=O) groups excluding carboxylic acids is 1. The molecule has 1 nitrogen and oxygen atoms in total. The normalized spacial score (nSPS) is 10.4. The smallest absolute Gasteiger partial charge is 0.162 e. The number of hydrogen-bond donors (Lipinski definition) is 0. The van der Waals surface area contributed by atoms with Gasteiger partial charge in [0.05, 0.1) is 0 Å². The van der Waals surface area contributed by atoms with Gasteiger partial charge in [0, 0.05) is 12.0 Å². The number of rotatable bonds is 12. The van der Waals surface area contributed by atoms with Crippen molar-refractivity contribution >= 4 is 5.78 Å². The van der Waals surface area contributed by atoms with Crippen LogP contribution < -0.4 is 0 Å². The summed E-state index contributed by atoms with van der Waals surface area (Å²) in [5.41, 5.74) is 0.856. The maximum Gasteiger partial charge on any atom is 0.162 e. The lowest BCUT2D eigenvalue weighted by atomic mass is 10.0. The van der Waals surface area contributed by atoms with Gasteiger partial charge in [-0.1, -0.05) is 74.9 Å². The molecule has 0 fully saturated rings.